The second-order valence-electron chi connectivity index (χ2n) is 7.25. The van der Waals surface area contributed by atoms with E-state index in [9.17, 15) is 14.0 Å². The molecule has 0 unspecified atom stereocenters. The third-order valence-corrected chi connectivity index (χ3v) is 7.25. The Hall–Kier alpha value is -2.82. The predicted molar refractivity (Wildman–Crippen MR) is 130 cm³/mol. The highest BCUT2D eigenvalue weighted by molar-refractivity contribution is 7.99. The van der Waals surface area contributed by atoms with Crippen LogP contribution in [-0.2, 0) is 11.8 Å². The van der Waals surface area contributed by atoms with Gasteiger partial charge < -0.3 is 5.32 Å². The summed E-state index contributed by atoms with van der Waals surface area (Å²) in [5.41, 5.74) is 3.35. The van der Waals surface area contributed by atoms with Crippen LogP contribution in [-0.4, -0.2) is 25.8 Å². The molecule has 0 radical (unpaired) electrons. The van der Waals surface area contributed by atoms with Crippen molar-refractivity contribution in [2.24, 2.45) is 7.05 Å². The number of thioether (sulfide) groups is 1. The smallest absolute Gasteiger partial charge is 0.273 e. The van der Waals surface area contributed by atoms with Gasteiger partial charge in [-0.05, 0) is 55.9 Å². The summed E-state index contributed by atoms with van der Waals surface area (Å²) < 4.78 is 17.7. The monoisotopic (exact) mass is 486 g/mol. The number of nitrogens with one attached hydrogen (secondary N) is 1. The van der Waals surface area contributed by atoms with Crippen LogP contribution in [0.5, 0.6) is 0 Å². The van der Waals surface area contributed by atoms with Crippen LogP contribution >= 0.6 is 35.3 Å². The van der Waals surface area contributed by atoms with Gasteiger partial charge in [-0.15, -0.1) is 0 Å². The summed E-state index contributed by atoms with van der Waals surface area (Å²) in [6.07, 6.45) is 0. The molecule has 0 aliphatic carbocycles. The molecule has 0 bridgehead atoms. The zero-order valence-corrected chi connectivity index (χ0v) is 20.0. The largest absolute Gasteiger partial charge is 0.325 e. The van der Waals surface area contributed by atoms with E-state index in [0.717, 1.165) is 28.6 Å². The molecule has 1 amide bonds. The Kier molecular flexibility index (Phi) is 6.27. The second kappa shape index (κ2) is 8.97. The number of halogens is 1. The van der Waals surface area contributed by atoms with Gasteiger partial charge in [-0.3, -0.25) is 18.7 Å². The van der Waals surface area contributed by atoms with Crippen LogP contribution in [0.25, 0.3) is 16.0 Å². The van der Waals surface area contributed by atoms with E-state index >= 15 is 0 Å². The van der Waals surface area contributed by atoms with Crippen molar-refractivity contribution in [1.29, 1.82) is 0 Å². The van der Waals surface area contributed by atoms with Gasteiger partial charge in [0.05, 0.1) is 5.75 Å². The fourth-order valence-electron chi connectivity index (χ4n) is 3.11. The van der Waals surface area contributed by atoms with E-state index in [1.165, 1.54) is 28.0 Å². The van der Waals surface area contributed by atoms with E-state index in [2.05, 4.69) is 10.3 Å². The molecule has 32 heavy (non-hydrogen) atoms. The molecule has 0 spiro atoms. The first kappa shape index (κ1) is 22.4. The van der Waals surface area contributed by atoms with Crippen molar-refractivity contribution in [1.82, 2.24) is 14.1 Å². The van der Waals surface area contributed by atoms with Crippen LogP contribution in [0.1, 0.15) is 11.1 Å². The Morgan fingerprint density at radius 2 is 1.94 bits per heavy atom. The van der Waals surface area contributed by atoms with Gasteiger partial charge in [0.1, 0.15) is 10.5 Å². The van der Waals surface area contributed by atoms with E-state index in [-0.39, 0.29) is 17.2 Å². The molecule has 0 saturated carbocycles. The van der Waals surface area contributed by atoms with E-state index in [4.69, 9.17) is 12.2 Å². The second-order valence-corrected chi connectivity index (χ2v) is 9.83. The number of hydrogen-bond acceptors (Lipinski definition) is 6. The maximum absolute atomic E-state index is 13.5. The van der Waals surface area contributed by atoms with Gasteiger partial charge in [0.15, 0.2) is 14.8 Å². The molecule has 0 fully saturated rings. The molecule has 0 aliphatic rings. The summed E-state index contributed by atoms with van der Waals surface area (Å²) in [4.78, 5) is 30.0. The number of rotatable bonds is 5. The lowest BCUT2D eigenvalue weighted by atomic mass is 10.2. The van der Waals surface area contributed by atoms with E-state index in [0.29, 0.717) is 25.1 Å². The Morgan fingerprint density at radius 3 is 2.66 bits per heavy atom. The number of aromatic nitrogens is 3. The van der Waals surface area contributed by atoms with Crippen molar-refractivity contribution in [2.45, 2.75) is 19.0 Å². The van der Waals surface area contributed by atoms with Crippen LogP contribution in [0.15, 0.2) is 52.4 Å². The topological polar surface area (TPSA) is 68.9 Å². The first-order chi connectivity index (χ1) is 15.2. The average Bonchev–Trinajstić information content (AvgIpc) is 3.09. The summed E-state index contributed by atoms with van der Waals surface area (Å²) in [6.45, 7) is 3.78. The summed E-state index contributed by atoms with van der Waals surface area (Å²) in [6, 6.07) is 12.0. The lowest BCUT2D eigenvalue weighted by molar-refractivity contribution is -0.113. The van der Waals surface area contributed by atoms with Gasteiger partial charge in [0, 0.05) is 18.4 Å². The average molecular weight is 487 g/mol. The molecule has 4 rings (SSSR count). The number of nitrogens with zero attached hydrogens (tertiary/aromatic N) is 3. The number of carbonyl (C=O) groups is 1. The number of hydrogen-bond donors (Lipinski definition) is 1. The minimum Gasteiger partial charge on any atom is -0.325 e. The van der Waals surface area contributed by atoms with Gasteiger partial charge in [-0.25, -0.2) is 9.37 Å². The lowest BCUT2D eigenvalue weighted by Gasteiger charge is -2.10. The summed E-state index contributed by atoms with van der Waals surface area (Å²) in [5, 5.41) is 3.10. The number of thiazole rings is 1. The Morgan fingerprint density at radius 1 is 1.22 bits per heavy atom. The van der Waals surface area contributed by atoms with Crippen molar-refractivity contribution < 1.29 is 9.18 Å². The standard InChI is InChI=1S/C22H19FN4O2S3/c1-12-4-8-15(9-5-12)27-19-18(32-22(27)30)20(29)26(3)21(25-19)31-11-17(28)24-16-10-14(23)7-6-13(16)2/h4-10H,11H2,1-3H3,(H,24,28). The van der Waals surface area contributed by atoms with Crippen LogP contribution in [0, 0.1) is 23.6 Å². The number of aryl methyl sites for hydroxylation is 2. The van der Waals surface area contributed by atoms with Gasteiger partial charge in [0.2, 0.25) is 5.91 Å². The van der Waals surface area contributed by atoms with E-state index < -0.39 is 5.82 Å². The lowest BCUT2D eigenvalue weighted by Crippen LogP contribution is -2.21. The maximum Gasteiger partial charge on any atom is 0.273 e. The minimum atomic E-state index is -0.425. The number of benzene rings is 2. The summed E-state index contributed by atoms with van der Waals surface area (Å²) in [5.74, 6) is -0.735. The Labute approximate surface area is 196 Å². The highest BCUT2D eigenvalue weighted by Gasteiger charge is 2.17. The van der Waals surface area contributed by atoms with Crippen LogP contribution in [0.2, 0.25) is 0 Å². The van der Waals surface area contributed by atoms with E-state index in [1.807, 2.05) is 31.2 Å². The van der Waals surface area contributed by atoms with Crippen LogP contribution in [0.3, 0.4) is 0 Å². The molecular weight excluding hydrogens is 467 g/mol. The van der Waals surface area contributed by atoms with Crippen molar-refractivity contribution in [3.63, 3.8) is 0 Å². The molecule has 6 nitrogen and oxygen atoms in total. The highest BCUT2D eigenvalue weighted by Crippen LogP contribution is 2.26. The SMILES string of the molecule is Cc1ccc(-n2c(=S)sc3c(=O)n(C)c(SCC(=O)Nc4cc(F)ccc4C)nc32)cc1. The Balaban J connectivity index is 1.65. The number of fused-ring (bicyclic) bond motifs is 1. The van der Waals surface area contributed by atoms with Gasteiger partial charge >= 0.3 is 0 Å². The quantitative estimate of drug-likeness (QED) is 0.244. The number of carbonyl (C=O) groups excluding carboxylic acids is 1. The maximum atomic E-state index is 13.5. The molecule has 4 aromatic rings. The van der Waals surface area contributed by atoms with Crippen molar-refractivity contribution in [3.8, 4) is 5.69 Å². The molecule has 0 atom stereocenters. The van der Waals surface area contributed by atoms with Crippen LogP contribution in [0.4, 0.5) is 10.1 Å². The van der Waals surface area contributed by atoms with Crippen LogP contribution < -0.4 is 10.9 Å². The van der Waals surface area contributed by atoms with Crippen molar-refractivity contribution in [3.05, 3.63) is 73.7 Å². The molecule has 2 heterocycles. The molecule has 10 heteroatoms. The normalized spacial score (nSPS) is 11.1. The summed E-state index contributed by atoms with van der Waals surface area (Å²) >= 11 is 7.85. The molecule has 164 valence electrons. The first-order valence-corrected chi connectivity index (χ1v) is 11.8. The predicted octanol–water partition coefficient (Wildman–Crippen LogP) is 5.00. The molecule has 2 aromatic carbocycles. The third-order valence-electron chi connectivity index (χ3n) is 4.87. The molecule has 1 N–H and O–H groups in total. The van der Waals surface area contributed by atoms with Gasteiger partial charge in [-0.2, -0.15) is 0 Å². The van der Waals surface area contributed by atoms with E-state index in [1.54, 1.807) is 24.6 Å². The number of amides is 1. The Bertz CT molecular complexity index is 1460. The van der Waals surface area contributed by atoms with Crippen molar-refractivity contribution in [2.75, 3.05) is 11.1 Å². The summed E-state index contributed by atoms with van der Waals surface area (Å²) in [7, 11) is 1.62. The zero-order valence-electron chi connectivity index (χ0n) is 17.5. The highest BCUT2D eigenvalue weighted by atomic mass is 32.2. The molecule has 0 aliphatic heterocycles. The molecule has 0 saturated heterocycles. The van der Waals surface area contributed by atoms with Gasteiger partial charge in [0.25, 0.3) is 5.56 Å². The fourth-order valence-corrected chi connectivity index (χ4v) is 5.22. The molecular formula is C22H19FN4O2S3. The number of anilines is 1. The minimum absolute atomic E-state index is 0.0111. The van der Waals surface area contributed by atoms with Gasteiger partial charge in [-0.1, -0.05) is 46.9 Å². The fraction of sp³-hybridized carbons (Fsp3) is 0.182. The third kappa shape index (κ3) is 4.38. The zero-order chi connectivity index (χ0) is 23.0. The molecule has 2 aromatic heterocycles. The van der Waals surface area contributed by atoms with Crippen molar-refractivity contribution >= 4 is 57.3 Å². The first-order valence-electron chi connectivity index (χ1n) is 9.63.